The quantitative estimate of drug-likeness (QED) is 0.490. The lowest BCUT2D eigenvalue weighted by atomic mass is 10.6. The lowest BCUT2D eigenvalue weighted by Crippen LogP contribution is -2.24. The molecule has 6 heteroatoms. The third-order valence-corrected chi connectivity index (χ3v) is 2.78. The highest BCUT2D eigenvalue weighted by molar-refractivity contribution is 8.09. The molecule has 0 fully saturated rings. The number of sulfone groups is 1. The van der Waals surface area contributed by atoms with E-state index in [4.69, 9.17) is 11.5 Å². The zero-order valence-electron chi connectivity index (χ0n) is 5.11. The van der Waals surface area contributed by atoms with Gasteiger partial charge in [-0.2, -0.15) is 0 Å². The smallest absolute Gasteiger partial charge is 0.238 e. The third kappa shape index (κ3) is 0.812. The first-order valence-corrected chi connectivity index (χ1v) is 4.05. The average molecular weight is 161 g/mol. The fraction of sp³-hybridized carbons (Fsp3) is 0.250. The normalized spacial score (nSPS) is 22.1. The number of amidine groups is 1. The van der Waals surface area contributed by atoms with E-state index < -0.39 is 9.84 Å². The van der Waals surface area contributed by atoms with Gasteiger partial charge in [0, 0.05) is 12.7 Å². The van der Waals surface area contributed by atoms with Crippen molar-refractivity contribution in [2.24, 2.45) is 16.5 Å². The van der Waals surface area contributed by atoms with E-state index >= 15 is 0 Å². The van der Waals surface area contributed by atoms with Crippen molar-refractivity contribution < 1.29 is 8.42 Å². The number of aliphatic imine (C=N–C) groups is 1. The van der Waals surface area contributed by atoms with Crippen molar-refractivity contribution in [3.63, 3.8) is 0 Å². The highest BCUT2D eigenvalue weighted by Crippen LogP contribution is 2.12. The second-order valence-corrected chi connectivity index (χ2v) is 3.72. The van der Waals surface area contributed by atoms with E-state index in [0.29, 0.717) is 0 Å². The van der Waals surface area contributed by atoms with Gasteiger partial charge in [0.2, 0.25) is 15.0 Å². The third-order valence-electron chi connectivity index (χ3n) is 1.16. The first kappa shape index (κ1) is 7.23. The van der Waals surface area contributed by atoms with Crippen LogP contribution < -0.4 is 11.5 Å². The molecule has 10 heavy (non-hydrogen) atoms. The van der Waals surface area contributed by atoms with Crippen LogP contribution in [0.25, 0.3) is 0 Å². The second-order valence-electron chi connectivity index (χ2n) is 1.77. The molecule has 0 radical (unpaired) electrons. The Labute approximate surface area is 58.3 Å². The molecule has 0 saturated carbocycles. The maximum absolute atomic E-state index is 10.9. The molecule has 0 amide bonds. The largest absolute Gasteiger partial charge is 0.374 e. The van der Waals surface area contributed by atoms with Crippen LogP contribution in [0.5, 0.6) is 0 Å². The van der Waals surface area contributed by atoms with Crippen molar-refractivity contribution in [1.29, 1.82) is 0 Å². The zero-order chi connectivity index (χ0) is 7.78. The van der Waals surface area contributed by atoms with E-state index in [1.807, 2.05) is 0 Å². The molecule has 1 aliphatic rings. The summed E-state index contributed by atoms with van der Waals surface area (Å²) in [6.45, 7) is -0.0491. The van der Waals surface area contributed by atoms with Crippen LogP contribution in [0.4, 0.5) is 0 Å². The molecule has 5 nitrogen and oxygen atoms in total. The van der Waals surface area contributed by atoms with Crippen molar-refractivity contribution in [2.45, 2.75) is 0 Å². The van der Waals surface area contributed by atoms with Crippen LogP contribution in [-0.2, 0) is 9.84 Å². The summed E-state index contributed by atoms with van der Waals surface area (Å²) in [7, 11) is -3.45. The van der Waals surface area contributed by atoms with Crippen molar-refractivity contribution in [1.82, 2.24) is 0 Å². The first-order valence-electron chi connectivity index (χ1n) is 2.56. The van der Waals surface area contributed by atoms with Gasteiger partial charge in [0.25, 0.3) is 0 Å². The molecule has 0 aliphatic carbocycles. The molecule has 1 rings (SSSR count). The lowest BCUT2D eigenvalue weighted by Gasteiger charge is -1.95. The fourth-order valence-corrected chi connectivity index (χ4v) is 1.44. The number of nitrogens with two attached hydrogens (primary N) is 2. The summed E-state index contributed by atoms with van der Waals surface area (Å²) >= 11 is 0. The molecule has 0 spiro atoms. The number of hydrogen-bond acceptors (Lipinski definition) is 5. The molecule has 4 N–H and O–H groups in total. The molecule has 0 atom stereocenters. The predicted octanol–water partition coefficient (Wildman–Crippen LogP) is -1.47. The zero-order valence-corrected chi connectivity index (χ0v) is 5.93. The highest BCUT2D eigenvalue weighted by Gasteiger charge is 2.25. The van der Waals surface area contributed by atoms with E-state index in [0.717, 1.165) is 0 Å². The summed E-state index contributed by atoms with van der Waals surface area (Å²) in [5, 5.41) is -0.368. The first-order chi connectivity index (χ1) is 4.59. The summed E-state index contributed by atoms with van der Waals surface area (Å²) in [5.74, 6) is 0. The van der Waals surface area contributed by atoms with Gasteiger partial charge in [-0.15, -0.1) is 0 Å². The minimum Gasteiger partial charge on any atom is -0.374 e. The van der Waals surface area contributed by atoms with Crippen LogP contribution in [0.1, 0.15) is 0 Å². The maximum Gasteiger partial charge on any atom is 0.238 e. The van der Waals surface area contributed by atoms with Gasteiger partial charge in [0.15, 0.2) is 0 Å². The Morgan fingerprint density at radius 3 is 2.40 bits per heavy atom. The van der Waals surface area contributed by atoms with E-state index in [1.165, 1.54) is 6.20 Å². The summed E-state index contributed by atoms with van der Waals surface area (Å²) < 4.78 is 21.8. The van der Waals surface area contributed by atoms with Crippen molar-refractivity contribution in [3.8, 4) is 0 Å². The van der Waals surface area contributed by atoms with Crippen LogP contribution >= 0.6 is 0 Å². The van der Waals surface area contributed by atoms with Gasteiger partial charge in [-0.3, -0.25) is 0 Å². The Morgan fingerprint density at radius 1 is 1.60 bits per heavy atom. The van der Waals surface area contributed by atoms with E-state index in [2.05, 4.69) is 4.99 Å². The Kier molecular flexibility index (Phi) is 1.49. The molecule has 0 bridgehead atoms. The van der Waals surface area contributed by atoms with Gasteiger partial charge in [-0.1, -0.05) is 0 Å². The standard InChI is InChI=1S/C4H7N3O2S/c5-1-3-2-7-4(6)10(3,8)9/h2H,1,5H2,(H2,6,7). The van der Waals surface area contributed by atoms with E-state index in [-0.39, 0.29) is 16.6 Å². The van der Waals surface area contributed by atoms with Crippen LogP contribution in [-0.4, -0.2) is 20.1 Å². The molecular formula is C4H7N3O2S. The van der Waals surface area contributed by atoms with Crippen LogP contribution in [0, 0.1) is 0 Å². The van der Waals surface area contributed by atoms with Crippen LogP contribution in [0.3, 0.4) is 0 Å². The SMILES string of the molecule is NCC1=CN=C(N)S1(=O)=O. The Bertz CT molecular complexity index is 300. The summed E-state index contributed by atoms with van der Waals surface area (Å²) in [5.41, 5.74) is 10.1. The van der Waals surface area contributed by atoms with Crippen molar-refractivity contribution in [2.75, 3.05) is 6.54 Å². The maximum atomic E-state index is 10.9. The lowest BCUT2D eigenvalue weighted by molar-refractivity contribution is 0.612. The second kappa shape index (κ2) is 2.06. The molecule has 1 heterocycles. The van der Waals surface area contributed by atoms with Crippen molar-refractivity contribution in [3.05, 3.63) is 11.1 Å². The Balaban J connectivity index is 3.14. The Morgan fingerprint density at radius 2 is 2.20 bits per heavy atom. The van der Waals surface area contributed by atoms with Gasteiger partial charge in [-0.25, -0.2) is 13.4 Å². The van der Waals surface area contributed by atoms with Crippen LogP contribution in [0.15, 0.2) is 16.1 Å². The summed E-state index contributed by atoms with van der Waals surface area (Å²) in [6.07, 6.45) is 1.17. The minimum absolute atomic E-state index is 0.0491. The summed E-state index contributed by atoms with van der Waals surface area (Å²) in [4.78, 5) is 3.48. The highest BCUT2D eigenvalue weighted by atomic mass is 32.2. The van der Waals surface area contributed by atoms with Gasteiger partial charge >= 0.3 is 0 Å². The fourth-order valence-electron chi connectivity index (χ4n) is 0.571. The molecule has 0 aromatic heterocycles. The van der Waals surface area contributed by atoms with Crippen LogP contribution in [0.2, 0.25) is 0 Å². The molecule has 1 aliphatic heterocycles. The monoisotopic (exact) mass is 161 g/mol. The summed E-state index contributed by atoms with van der Waals surface area (Å²) in [6, 6.07) is 0. The molecule has 0 aromatic rings. The van der Waals surface area contributed by atoms with Gasteiger partial charge in [-0.05, 0) is 0 Å². The molecular weight excluding hydrogens is 154 g/mol. The minimum atomic E-state index is -3.45. The number of nitrogens with zero attached hydrogens (tertiary/aromatic N) is 1. The topological polar surface area (TPSA) is 98.5 Å². The predicted molar refractivity (Wildman–Crippen MR) is 37.7 cm³/mol. The van der Waals surface area contributed by atoms with Crippen molar-refractivity contribution >= 4 is 15.0 Å². The molecule has 0 saturated heterocycles. The molecule has 0 aromatic carbocycles. The number of rotatable bonds is 1. The van der Waals surface area contributed by atoms with Gasteiger partial charge < -0.3 is 11.5 Å². The van der Waals surface area contributed by atoms with Gasteiger partial charge in [0.1, 0.15) is 0 Å². The van der Waals surface area contributed by atoms with E-state index in [9.17, 15) is 8.42 Å². The molecule has 0 unspecified atom stereocenters. The average Bonchev–Trinajstić information content (AvgIpc) is 2.10. The van der Waals surface area contributed by atoms with E-state index in [1.54, 1.807) is 0 Å². The Hall–Kier alpha value is -0.880. The van der Waals surface area contributed by atoms with Gasteiger partial charge in [0.05, 0.1) is 4.91 Å². The molecule has 56 valence electrons. The number of hydrogen-bond donors (Lipinski definition) is 2.